The fourth-order valence-corrected chi connectivity index (χ4v) is 7.27. The Kier molecular flexibility index (Phi) is 8.04. The van der Waals surface area contributed by atoms with E-state index in [2.05, 4.69) is 10.6 Å². The molecular formula is C29H32N4O8S. The highest BCUT2D eigenvalue weighted by atomic mass is 32.2. The molecule has 2 unspecified atom stereocenters. The molecule has 3 aliphatic heterocycles. The van der Waals surface area contributed by atoms with Crippen LogP contribution in [-0.2, 0) is 30.5 Å². The van der Waals surface area contributed by atoms with Gasteiger partial charge < -0.3 is 30.5 Å². The number of β-lactam (4-membered cyclic amide) rings is 1. The second-order valence-electron chi connectivity index (χ2n) is 11.0. The van der Waals surface area contributed by atoms with Crippen molar-refractivity contribution in [2.45, 2.75) is 67.6 Å². The van der Waals surface area contributed by atoms with Crippen LogP contribution < -0.4 is 10.6 Å². The van der Waals surface area contributed by atoms with Crippen molar-refractivity contribution in [2.24, 2.45) is 0 Å². The van der Waals surface area contributed by atoms with Crippen LogP contribution in [0.5, 0.6) is 5.75 Å². The van der Waals surface area contributed by atoms with Gasteiger partial charge in [0, 0.05) is 11.3 Å². The average Bonchev–Trinajstić information content (AvgIpc) is 3.55. The third kappa shape index (κ3) is 5.60. The van der Waals surface area contributed by atoms with Crippen molar-refractivity contribution >= 4 is 41.5 Å². The number of nitrogens with one attached hydrogen (secondary N) is 2. The summed E-state index contributed by atoms with van der Waals surface area (Å²) in [5, 5.41) is 24.3. The van der Waals surface area contributed by atoms with Crippen LogP contribution in [0.2, 0.25) is 0 Å². The van der Waals surface area contributed by atoms with E-state index in [1.54, 1.807) is 13.8 Å². The monoisotopic (exact) mass is 596 g/mol. The van der Waals surface area contributed by atoms with Crippen LogP contribution in [0.1, 0.15) is 43.9 Å². The summed E-state index contributed by atoms with van der Waals surface area (Å²) in [6, 6.07) is 10.7. The highest BCUT2D eigenvalue weighted by Crippen LogP contribution is 2.50. The van der Waals surface area contributed by atoms with Gasteiger partial charge in [-0.2, -0.15) is 0 Å². The van der Waals surface area contributed by atoms with Gasteiger partial charge in [-0.15, -0.1) is 11.8 Å². The van der Waals surface area contributed by atoms with Gasteiger partial charge in [-0.05, 0) is 49.9 Å². The Labute approximate surface area is 246 Å². The minimum absolute atomic E-state index is 0.0403. The number of ether oxygens (including phenoxy) is 1. The number of rotatable bonds is 8. The Morgan fingerprint density at radius 2 is 1.79 bits per heavy atom. The quantitative estimate of drug-likeness (QED) is 0.334. The predicted octanol–water partition coefficient (Wildman–Crippen LogP) is 1.98. The molecule has 0 aliphatic carbocycles. The van der Waals surface area contributed by atoms with E-state index < -0.39 is 64.1 Å². The van der Waals surface area contributed by atoms with E-state index in [1.165, 1.54) is 45.8 Å². The van der Waals surface area contributed by atoms with Gasteiger partial charge in [0.15, 0.2) is 0 Å². The lowest BCUT2D eigenvalue weighted by molar-refractivity contribution is -0.161. The van der Waals surface area contributed by atoms with E-state index in [1.807, 2.05) is 30.3 Å². The van der Waals surface area contributed by atoms with Gasteiger partial charge in [0.05, 0.1) is 0 Å². The van der Waals surface area contributed by atoms with E-state index >= 15 is 0 Å². The molecule has 0 bridgehead atoms. The first kappa shape index (κ1) is 29.2. The first-order chi connectivity index (χ1) is 20.0. The Morgan fingerprint density at radius 1 is 1.10 bits per heavy atom. The zero-order valence-corrected chi connectivity index (χ0v) is 23.9. The van der Waals surface area contributed by atoms with Gasteiger partial charge >= 0.3 is 12.1 Å². The Morgan fingerprint density at radius 3 is 2.45 bits per heavy atom. The molecule has 5 rings (SSSR count). The number of thioether (sulfide) groups is 1. The molecule has 4 N–H and O–H groups in total. The molecule has 42 heavy (non-hydrogen) atoms. The number of likely N-dealkylation sites (tertiary alicyclic amines) is 1. The zero-order valence-electron chi connectivity index (χ0n) is 23.1. The second-order valence-corrected chi connectivity index (χ2v) is 12.8. The second kappa shape index (κ2) is 11.6. The van der Waals surface area contributed by atoms with Gasteiger partial charge in [-0.25, -0.2) is 9.59 Å². The molecule has 4 amide bonds. The van der Waals surface area contributed by atoms with E-state index in [0.717, 1.165) is 5.56 Å². The molecule has 0 aromatic heterocycles. The van der Waals surface area contributed by atoms with Crippen LogP contribution in [-0.4, -0.2) is 84.6 Å². The molecular weight excluding hydrogens is 564 g/mol. The van der Waals surface area contributed by atoms with Gasteiger partial charge in [0.1, 0.15) is 41.9 Å². The van der Waals surface area contributed by atoms with E-state index in [9.17, 15) is 34.2 Å². The van der Waals surface area contributed by atoms with Gasteiger partial charge in [-0.3, -0.25) is 19.3 Å². The number of carboxylic acids is 1. The summed E-state index contributed by atoms with van der Waals surface area (Å²) < 4.78 is 4.66. The van der Waals surface area contributed by atoms with Crippen molar-refractivity contribution in [1.29, 1.82) is 0 Å². The van der Waals surface area contributed by atoms with Gasteiger partial charge in [0.25, 0.3) is 0 Å². The van der Waals surface area contributed by atoms with Crippen molar-refractivity contribution in [3.8, 4) is 5.75 Å². The fourth-order valence-electron chi connectivity index (χ4n) is 5.65. The third-order valence-electron chi connectivity index (χ3n) is 7.74. The van der Waals surface area contributed by atoms with Crippen molar-refractivity contribution in [3.63, 3.8) is 0 Å². The number of phenolic OH excluding ortho intramolecular Hbond substituents is 1. The number of hydrogen-bond donors (Lipinski definition) is 4. The number of aliphatic carboxylic acids is 1. The van der Waals surface area contributed by atoms with E-state index in [4.69, 9.17) is 4.74 Å². The maximum Gasteiger partial charge on any atom is 0.410 e. The Bertz CT molecular complexity index is 1390. The van der Waals surface area contributed by atoms with Gasteiger partial charge in [-0.1, -0.05) is 42.5 Å². The summed E-state index contributed by atoms with van der Waals surface area (Å²) in [5.41, 5.74) is 1.15. The number of phenols is 1. The molecule has 3 saturated heterocycles. The highest BCUT2D eigenvalue weighted by molar-refractivity contribution is 8.01. The number of hydrogen-bond acceptors (Lipinski definition) is 8. The summed E-state index contributed by atoms with van der Waals surface area (Å²) in [6.07, 6.45) is 0.299. The van der Waals surface area contributed by atoms with Crippen LogP contribution in [0.15, 0.2) is 54.6 Å². The topological polar surface area (TPSA) is 166 Å². The smallest absolute Gasteiger partial charge is 0.410 e. The Balaban J connectivity index is 1.29. The predicted molar refractivity (Wildman–Crippen MR) is 151 cm³/mol. The first-order valence-corrected chi connectivity index (χ1v) is 14.5. The van der Waals surface area contributed by atoms with Crippen LogP contribution in [0.4, 0.5) is 4.79 Å². The lowest BCUT2D eigenvalue weighted by Crippen LogP contribution is -2.71. The summed E-state index contributed by atoms with van der Waals surface area (Å²) in [4.78, 5) is 67.3. The molecule has 3 fully saturated rings. The summed E-state index contributed by atoms with van der Waals surface area (Å²) >= 11 is 1.29. The normalized spacial score (nSPS) is 24.8. The third-order valence-corrected chi connectivity index (χ3v) is 9.31. The largest absolute Gasteiger partial charge is 0.508 e. The molecule has 2 aromatic carbocycles. The molecule has 222 valence electrons. The maximum absolute atomic E-state index is 13.6. The molecule has 0 radical (unpaired) electrons. The number of carboxylic acid groups (broad SMARTS) is 1. The minimum Gasteiger partial charge on any atom is -0.508 e. The van der Waals surface area contributed by atoms with Crippen LogP contribution in [0, 0.1) is 0 Å². The van der Waals surface area contributed by atoms with Gasteiger partial charge in [0.2, 0.25) is 17.7 Å². The molecule has 2 aromatic rings. The van der Waals surface area contributed by atoms with Crippen molar-refractivity contribution in [2.75, 3.05) is 6.54 Å². The number of nitrogens with zero attached hydrogens (tertiary/aromatic N) is 2. The fraction of sp³-hybridized carbons (Fsp3) is 0.414. The number of carbonyl (C=O) groups is 5. The minimum atomic E-state index is -1.25. The number of benzene rings is 2. The van der Waals surface area contributed by atoms with Crippen LogP contribution in [0.25, 0.3) is 0 Å². The van der Waals surface area contributed by atoms with Crippen LogP contribution in [0.3, 0.4) is 0 Å². The van der Waals surface area contributed by atoms with Crippen molar-refractivity contribution < 1.29 is 38.9 Å². The number of fused-ring (bicyclic) bond motifs is 1. The number of aromatic hydroxyl groups is 1. The summed E-state index contributed by atoms with van der Waals surface area (Å²) in [6.45, 7) is 3.83. The van der Waals surface area contributed by atoms with Crippen molar-refractivity contribution in [3.05, 3.63) is 65.7 Å². The lowest BCUT2D eigenvalue weighted by atomic mass is 9.95. The SMILES string of the molecule is CC1(C)S[C@@H]2C(NC(=O)C(NC(=O)[C@H]3CCCN3C(=O)OCc3ccccc3)c3ccc(O)cc3)C(=O)N2[C@H]1C(=O)O. The molecule has 0 spiro atoms. The molecule has 0 saturated carbocycles. The number of amides is 4. The van der Waals surface area contributed by atoms with E-state index in [-0.39, 0.29) is 12.4 Å². The molecule has 3 aliphatic rings. The molecule has 3 heterocycles. The average molecular weight is 597 g/mol. The standard InChI is InChI=1S/C29H32N4O8S/c1-29(2)22(27(38)39)33-25(37)21(26(33)42-29)31-24(36)20(17-10-12-18(34)13-11-17)30-23(35)19-9-6-14-32(19)28(40)41-15-16-7-4-3-5-8-16/h3-5,7-8,10-13,19-22,26,34H,6,9,14-15H2,1-2H3,(H,30,35)(H,31,36)(H,38,39)/t19-,20?,21?,22+,26-/m1/s1. The summed E-state index contributed by atoms with van der Waals surface area (Å²) in [7, 11) is 0. The molecule has 12 nitrogen and oxygen atoms in total. The van der Waals surface area contributed by atoms with Crippen LogP contribution >= 0.6 is 11.8 Å². The number of carbonyl (C=O) groups excluding carboxylic acids is 4. The summed E-state index contributed by atoms with van der Waals surface area (Å²) in [5.74, 6) is -2.92. The first-order valence-electron chi connectivity index (χ1n) is 13.6. The molecule has 13 heteroatoms. The zero-order chi connectivity index (χ0) is 30.2. The Hall–Kier alpha value is -4.26. The lowest BCUT2D eigenvalue weighted by Gasteiger charge is -2.44. The van der Waals surface area contributed by atoms with E-state index in [0.29, 0.717) is 24.9 Å². The molecule has 5 atom stereocenters. The maximum atomic E-state index is 13.6. The highest BCUT2D eigenvalue weighted by Gasteiger charge is 2.64. The van der Waals surface area contributed by atoms with Crippen molar-refractivity contribution in [1.82, 2.24) is 20.4 Å².